The number of methoxy groups -OCH3 is 1. The average Bonchev–Trinajstić information content (AvgIpc) is 2.94. The number of carbonyl (C=O) groups excluding carboxylic acids is 1. The molecular formula is C22H24F2N2O2. The highest BCUT2D eigenvalue weighted by atomic mass is 19.1. The second kappa shape index (κ2) is 7.26. The van der Waals surface area contributed by atoms with Crippen LogP contribution in [0.15, 0.2) is 36.4 Å². The molecule has 1 heterocycles. The maximum atomic E-state index is 14.5. The number of aryl methyl sites for hydroxylation is 1. The summed E-state index contributed by atoms with van der Waals surface area (Å²) in [6.45, 7) is 3.23. The predicted molar refractivity (Wildman–Crippen MR) is 102 cm³/mol. The lowest BCUT2D eigenvalue weighted by Crippen LogP contribution is -2.49. The Balaban J connectivity index is 1.74. The predicted octanol–water partition coefficient (Wildman–Crippen LogP) is 3.39. The van der Waals surface area contributed by atoms with Crippen molar-refractivity contribution < 1.29 is 18.3 Å². The van der Waals surface area contributed by atoms with Crippen LogP contribution in [0, 0.1) is 18.6 Å². The molecular weight excluding hydrogens is 362 g/mol. The minimum atomic E-state index is -0.863. The first-order chi connectivity index (χ1) is 13.5. The number of carbonyl (C=O) groups is 1. The fraction of sp³-hybridized carbons (Fsp3) is 0.409. The third kappa shape index (κ3) is 2.83. The van der Waals surface area contributed by atoms with E-state index in [1.54, 1.807) is 7.11 Å². The van der Waals surface area contributed by atoms with Crippen molar-refractivity contribution in [3.63, 3.8) is 0 Å². The van der Waals surface area contributed by atoms with E-state index in [-0.39, 0.29) is 17.1 Å². The van der Waals surface area contributed by atoms with Gasteiger partial charge in [-0.05, 0) is 55.6 Å². The van der Waals surface area contributed by atoms with Crippen molar-refractivity contribution in [2.45, 2.75) is 37.3 Å². The van der Waals surface area contributed by atoms with E-state index in [9.17, 15) is 13.6 Å². The molecule has 2 aromatic carbocycles. The van der Waals surface area contributed by atoms with Crippen LogP contribution in [0.5, 0.6) is 0 Å². The molecule has 0 unspecified atom stereocenters. The van der Waals surface area contributed by atoms with Crippen molar-refractivity contribution in [3.05, 3.63) is 70.3 Å². The highest BCUT2D eigenvalue weighted by molar-refractivity contribution is 5.95. The lowest BCUT2D eigenvalue weighted by molar-refractivity contribution is 0.00389. The quantitative estimate of drug-likeness (QED) is 0.850. The van der Waals surface area contributed by atoms with E-state index in [1.165, 1.54) is 13.0 Å². The fourth-order valence-corrected chi connectivity index (χ4v) is 4.88. The van der Waals surface area contributed by atoms with Crippen LogP contribution in [0.4, 0.5) is 8.78 Å². The average molecular weight is 386 g/mol. The van der Waals surface area contributed by atoms with E-state index in [0.717, 1.165) is 43.1 Å². The van der Waals surface area contributed by atoms with Crippen LogP contribution in [0.3, 0.4) is 0 Å². The smallest absolute Gasteiger partial charge is 0.257 e. The van der Waals surface area contributed by atoms with Gasteiger partial charge in [0.25, 0.3) is 5.91 Å². The summed E-state index contributed by atoms with van der Waals surface area (Å²) >= 11 is 0. The number of piperidine rings is 1. The number of rotatable bonds is 3. The van der Waals surface area contributed by atoms with Crippen LogP contribution < -0.4 is 10.6 Å². The number of nitrogens with one attached hydrogen (secondary N) is 2. The monoisotopic (exact) mass is 386 g/mol. The number of benzene rings is 2. The molecule has 2 N–H and O–H groups in total. The molecule has 1 aliphatic heterocycles. The Morgan fingerprint density at radius 2 is 1.89 bits per heavy atom. The van der Waals surface area contributed by atoms with Crippen molar-refractivity contribution in [1.82, 2.24) is 10.6 Å². The summed E-state index contributed by atoms with van der Waals surface area (Å²) in [6.07, 6.45) is 1.45. The third-order valence-corrected chi connectivity index (χ3v) is 6.23. The van der Waals surface area contributed by atoms with Gasteiger partial charge in [0.1, 0.15) is 17.2 Å². The van der Waals surface area contributed by atoms with E-state index in [0.29, 0.717) is 0 Å². The van der Waals surface area contributed by atoms with Crippen molar-refractivity contribution in [1.29, 1.82) is 0 Å². The van der Waals surface area contributed by atoms with E-state index in [1.807, 2.05) is 18.2 Å². The van der Waals surface area contributed by atoms with Gasteiger partial charge in [0, 0.05) is 12.5 Å². The van der Waals surface area contributed by atoms with Gasteiger partial charge in [-0.15, -0.1) is 0 Å². The van der Waals surface area contributed by atoms with Crippen molar-refractivity contribution in [2.24, 2.45) is 0 Å². The summed E-state index contributed by atoms with van der Waals surface area (Å²) < 4.78 is 34.6. The van der Waals surface area contributed by atoms with Gasteiger partial charge in [0.2, 0.25) is 0 Å². The zero-order valence-corrected chi connectivity index (χ0v) is 16.0. The largest absolute Gasteiger partial charge is 0.378 e. The molecule has 1 spiro atoms. The molecule has 0 radical (unpaired) electrons. The number of fused-ring (bicyclic) bond motifs is 2. The lowest BCUT2D eigenvalue weighted by atomic mass is 9.72. The van der Waals surface area contributed by atoms with Crippen LogP contribution in [0.1, 0.15) is 45.9 Å². The highest BCUT2D eigenvalue weighted by Crippen LogP contribution is 2.51. The van der Waals surface area contributed by atoms with Gasteiger partial charge in [-0.1, -0.05) is 30.3 Å². The first kappa shape index (κ1) is 19.0. The van der Waals surface area contributed by atoms with Crippen LogP contribution in [0.2, 0.25) is 0 Å². The molecule has 0 saturated carbocycles. The molecule has 0 aromatic heterocycles. The number of ether oxygens (including phenoxy) is 1. The van der Waals surface area contributed by atoms with E-state index in [4.69, 9.17) is 4.74 Å². The molecule has 1 saturated heterocycles. The molecule has 1 amide bonds. The van der Waals surface area contributed by atoms with Crippen molar-refractivity contribution >= 4 is 5.91 Å². The maximum absolute atomic E-state index is 14.5. The first-order valence-corrected chi connectivity index (χ1v) is 9.58. The Bertz CT molecular complexity index is 909. The topological polar surface area (TPSA) is 50.4 Å². The Labute approximate surface area is 163 Å². The number of halogens is 2. The molecule has 1 fully saturated rings. The summed E-state index contributed by atoms with van der Waals surface area (Å²) in [5.41, 5.74) is 1.57. The van der Waals surface area contributed by atoms with E-state index >= 15 is 0 Å². The Hall–Kier alpha value is -2.31. The van der Waals surface area contributed by atoms with Gasteiger partial charge in [-0.3, -0.25) is 4.79 Å². The van der Waals surface area contributed by atoms with Gasteiger partial charge in [-0.25, -0.2) is 8.78 Å². The number of hydrogen-bond acceptors (Lipinski definition) is 3. The van der Waals surface area contributed by atoms with E-state index in [2.05, 4.69) is 16.7 Å². The second-order valence-electron chi connectivity index (χ2n) is 7.65. The van der Waals surface area contributed by atoms with Crippen LogP contribution >= 0.6 is 0 Å². The molecule has 4 nitrogen and oxygen atoms in total. The van der Waals surface area contributed by atoms with Gasteiger partial charge in [0.15, 0.2) is 0 Å². The molecule has 148 valence electrons. The molecule has 28 heavy (non-hydrogen) atoms. The Kier molecular flexibility index (Phi) is 4.93. The van der Waals surface area contributed by atoms with Crippen LogP contribution in [-0.2, 0) is 10.2 Å². The molecule has 4 rings (SSSR count). The Morgan fingerprint density at radius 3 is 2.61 bits per heavy atom. The SMILES string of the molecule is CO[C@H]1[C@H](NC(=O)c2c(F)ccc(C)c2F)c2ccccc2C12CCNCC2. The van der Waals surface area contributed by atoms with Gasteiger partial charge in [-0.2, -0.15) is 0 Å². The maximum Gasteiger partial charge on any atom is 0.257 e. The van der Waals surface area contributed by atoms with Crippen molar-refractivity contribution in [2.75, 3.05) is 20.2 Å². The number of hydrogen-bond donors (Lipinski definition) is 2. The highest BCUT2D eigenvalue weighted by Gasteiger charge is 2.53. The zero-order chi connectivity index (χ0) is 19.9. The summed E-state index contributed by atoms with van der Waals surface area (Å²) in [7, 11) is 1.63. The van der Waals surface area contributed by atoms with E-state index < -0.39 is 29.1 Å². The normalized spacial score (nSPS) is 22.9. The second-order valence-corrected chi connectivity index (χ2v) is 7.65. The molecule has 0 bridgehead atoms. The molecule has 6 heteroatoms. The summed E-state index contributed by atoms with van der Waals surface area (Å²) in [5.74, 6) is -2.45. The fourth-order valence-electron chi connectivity index (χ4n) is 4.88. The standard InChI is InChI=1S/C22H24F2N2O2/c1-13-7-8-16(23)17(18(13)24)21(27)26-19-14-5-3-4-6-15(14)22(20(19)28-2)9-11-25-12-10-22/h3-8,19-20,25H,9-12H2,1-2H3,(H,26,27)/t19-,20+/m1/s1. The number of amides is 1. The zero-order valence-electron chi connectivity index (χ0n) is 16.0. The lowest BCUT2D eigenvalue weighted by Gasteiger charge is -2.40. The third-order valence-electron chi connectivity index (χ3n) is 6.23. The molecule has 1 aliphatic carbocycles. The molecule has 2 aliphatic rings. The minimum Gasteiger partial charge on any atom is -0.378 e. The summed E-state index contributed by atoms with van der Waals surface area (Å²) in [5, 5.41) is 6.24. The first-order valence-electron chi connectivity index (χ1n) is 9.58. The van der Waals surface area contributed by atoms with Gasteiger partial charge >= 0.3 is 0 Å². The molecule has 2 aromatic rings. The van der Waals surface area contributed by atoms with Crippen LogP contribution in [0.25, 0.3) is 0 Å². The summed E-state index contributed by atoms with van der Waals surface area (Å²) in [4.78, 5) is 12.9. The molecule has 2 atom stereocenters. The van der Waals surface area contributed by atoms with Crippen molar-refractivity contribution in [3.8, 4) is 0 Å². The Morgan fingerprint density at radius 1 is 1.18 bits per heavy atom. The summed E-state index contributed by atoms with van der Waals surface area (Å²) in [6, 6.07) is 9.93. The van der Waals surface area contributed by atoms with Gasteiger partial charge < -0.3 is 15.4 Å². The van der Waals surface area contributed by atoms with Gasteiger partial charge in [0.05, 0.1) is 12.1 Å². The minimum absolute atomic E-state index is 0.224. The van der Waals surface area contributed by atoms with Crippen LogP contribution in [-0.4, -0.2) is 32.2 Å².